The van der Waals surface area contributed by atoms with Crippen molar-refractivity contribution in [1.29, 1.82) is 0 Å². The average molecular weight is 363 g/mol. The average Bonchev–Trinajstić information content (AvgIpc) is 3.03. The van der Waals surface area contributed by atoms with Crippen LogP contribution < -0.4 is 0 Å². The van der Waals surface area contributed by atoms with E-state index in [2.05, 4.69) is 4.99 Å². The predicted molar refractivity (Wildman–Crippen MR) is 86.2 cm³/mol. The van der Waals surface area contributed by atoms with Crippen LogP contribution in [0.4, 0.5) is 18.9 Å². The Bertz CT molecular complexity index is 641. The fourth-order valence-electron chi connectivity index (χ4n) is 2.59. The Balaban J connectivity index is 2.54. The highest BCUT2D eigenvalue weighted by Gasteiger charge is 2.59. The summed E-state index contributed by atoms with van der Waals surface area (Å²) in [7, 11) is 1.79. The van der Waals surface area contributed by atoms with E-state index in [-0.39, 0.29) is 41.3 Å². The molecule has 0 spiro atoms. The Kier molecular flexibility index (Phi) is 5.55. The molecule has 1 unspecified atom stereocenters. The quantitative estimate of drug-likeness (QED) is 0.444. The van der Waals surface area contributed by atoms with E-state index in [0.717, 1.165) is 6.07 Å². The van der Waals surface area contributed by atoms with Crippen molar-refractivity contribution >= 4 is 29.9 Å². The molecule has 1 saturated heterocycles. The van der Waals surface area contributed by atoms with Crippen LogP contribution in [0.25, 0.3) is 0 Å². The molecule has 0 amide bonds. The molecular formula is C16H18ClF3N2O2. The molecule has 0 radical (unpaired) electrons. The highest BCUT2D eigenvalue weighted by atomic mass is 35.5. The van der Waals surface area contributed by atoms with Gasteiger partial charge in [0.15, 0.2) is 11.9 Å². The molecule has 0 N–H and O–H groups in total. The number of carbonyl (C=O) groups is 1. The second-order valence-electron chi connectivity index (χ2n) is 5.60. The Labute approximate surface area is 143 Å². The monoisotopic (exact) mass is 362 g/mol. The minimum atomic E-state index is -4.64. The van der Waals surface area contributed by atoms with Crippen molar-refractivity contribution in [2.24, 2.45) is 4.99 Å². The fraction of sp³-hybridized carbons (Fsp3) is 0.500. The molecule has 24 heavy (non-hydrogen) atoms. The van der Waals surface area contributed by atoms with Gasteiger partial charge in [-0.3, -0.25) is 4.79 Å². The van der Waals surface area contributed by atoms with Gasteiger partial charge in [-0.1, -0.05) is 11.6 Å². The van der Waals surface area contributed by atoms with Gasteiger partial charge < -0.3 is 9.64 Å². The van der Waals surface area contributed by atoms with Gasteiger partial charge in [-0.05, 0) is 31.9 Å². The molecule has 1 aliphatic heterocycles. The normalized spacial score (nSPS) is 21.4. The van der Waals surface area contributed by atoms with Crippen molar-refractivity contribution in [2.75, 3.05) is 20.2 Å². The summed E-state index contributed by atoms with van der Waals surface area (Å²) in [5.41, 5.74) is -2.63. The maximum Gasteiger partial charge on any atom is 0.421 e. The van der Waals surface area contributed by atoms with Crippen LogP contribution in [0.1, 0.15) is 35.7 Å². The van der Waals surface area contributed by atoms with Crippen molar-refractivity contribution < 1.29 is 22.7 Å². The fourth-order valence-corrected chi connectivity index (χ4v) is 2.81. The van der Waals surface area contributed by atoms with Crippen molar-refractivity contribution in [1.82, 2.24) is 4.90 Å². The molecule has 1 heterocycles. The number of carbonyl (C=O) groups excluding carboxylic acids is 1. The largest absolute Gasteiger partial charge is 0.421 e. The van der Waals surface area contributed by atoms with Gasteiger partial charge >= 0.3 is 6.18 Å². The van der Waals surface area contributed by atoms with E-state index in [1.807, 2.05) is 6.92 Å². The van der Waals surface area contributed by atoms with Gasteiger partial charge in [0.1, 0.15) is 0 Å². The van der Waals surface area contributed by atoms with Crippen LogP contribution in [0.15, 0.2) is 17.1 Å². The summed E-state index contributed by atoms with van der Waals surface area (Å²) in [5, 5.41) is 0.0375. The van der Waals surface area contributed by atoms with E-state index in [4.69, 9.17) is 16.3 Å². The summed E-state index contributed by atoms with van der Waals surface area (Å²) in [5.74, 6) is 0. The molecule has 1 aromatic carbocycles. The molecule has 1 fully saturated rings. The Hall–Kier alpha value is -1.60. The number of rotatable bonds is 5. The number of ether oxygens (including phenoxy) is 1. The van der Waals surface area contributed by atoms with Crippen molar-refractivity contribution in [3.8, 4) is 0 Å². The van der Waals surface area contributed by atoms with Crippen LogP contribution in [0.5, 0.6) is 0 Å². The van der Waals surface area contributed by atoms with Gasteiger partial charge in [-0.25, -0.2) is 4.99 Å². The lowest BCUT2D eigenvalue weighted by Gasteiger charge is -2.32. The number of halogens is 4. The Morgan fingerprint density at radius 2 is 2.17 bits per heavy atom. The molecule has 0 saturated carbocycles. The zero-order valence-corrected chi connectivity index (χ0v) is 14.1. The van der Waals surface area contributed by atoms with Gasteiger partial charge in [0.25, 0.3) is 0 Å². The molecule has 1 aromatic rings. The first kappa shape index (κ1) is 18.7. The smallest absolute Gasteiger partial charge is 0.366 e. The number of benzene rings is 1. The lowest BCUT2D eigenvalue weighted by molar-refractivity contribution is -0.269. The summed E-state index contributed by atoms with van der Waals surface area (Å²) in [6.07, 6.45) is -2.74. The minimum Gasteiger partial charge on any atom is -0.366 e. The van der Waals surface area contributed by atoms with Gasteiger partial charge in [-0.2, -0.15) is 13.2 Å². The first-order valence-electron chi connectivity index (χ1n) is 7.49. The van der Waals surface area contributed by atoms with E-state index < -0.39 is 11.8 Å². The zero-order valence-electron chi connectivity index (χ0n) is 13.4. The maximum absolute atomic E-state index is 13.6. The standard InChI is InChI=1S/C16H18ClF3N2O2/c1-3-22(2)10-21-14-7-11(9-23)12(8-13(14)17)15(16(18,19)20)5-4-6-24-15/h7-10H,3-6H2,1-2H3. The van der Waals surface area contributed by atoms with Gasteiger partial charge in [0.05, 0.1) is 17.0 Å². The number of hydrogen-bond donors (Lipinski definition) is 0. The van der Waals surface area contributed by atoms with Crippen LogP contribution in [0, 0.1) is 0 Å². The van der Waals surface area contributed by atoms with Crippen LogP contribution in [0.2, 0.25) is 5.02 Å². The van der Waals surface area contributed by atoms with E-state index in [1.165, 1.54) is 12.4 Å². The number of aldehydes is 1. The predicted octanol–water partition coefficient (Wildman–Crippen LogP) is 4.33. The Morgan fingerprint density at radius 1 is 1.46 bits per heavy atom. The molecule has 0 aliphatic carbocycles. The Morgan fingerprint density at radius 3 is 2.67 bits per heavy atom. The third-order valence-corrected chi connectivity index (χ3v) is 4.36. The van der Waals surface area contributed by atoms with Crippen LogP contribution in [0.3, 0.4) is 0 Å². The molecule has 2 rings (SSSR count). The van der Waals surface area contributed by atoms with Gasteiger partial charge in [0, 0.05) is 31.3 Å². The summed E-state index contributed by atoms with van der Waals surface area (Å²) < 4.78 is 45.9. The molecular weight excluding hydrogens is 345 g/mol. The van der Waals surface area contributed by atoms with Crippen LogP contribution >= 0.6 is 11.6 Å². The summed E-state index contributed by atoms with van der Waals surface area (Å²) in [6.45, 7) is 2.60. The minimum absolute atomic E-state index is 0.0172. The van der Waals surface area contributed by atoms with Gasteiger partial charge in [-0.15, -0.1) is 0 Å². The van der Waals surface area contributed by atoms with Gasteiger partial charge in [0.2, 0.25) is 0 Å². The van der Waals surface area contributed by atoms with E-state index >= 15 is 0 Å². The molecule has 1 aliphatic rings. The van der Waals surface area contributed by atoms with E-state index in [0.29, 0.717) is 12.8 Å². The number of nitrogens with zero attached hydrogens (tertiary/aromatic N) is 2. The van der Waals surface area contributed by atoms with E-state index in [9.17, 15) is 18.0 Å². The third-order valence-electron chi connectivity index (χ3n) is 4.05. The maximum atomic E-state index is 13.6. The lowest BCUT2D eigenvalue weighted by atomic mass is 9.86. The molecule has 132 valence electrons. The molecule has 0 aromatic heterocycles. The number of alkyl halides is 3. The van der Waals surface area contributed by atoms with Crippen LogP contribution in [-0.4, -0.2) is 43.9 Å². The molecule has 8 heteroatoms. The van der Waals surface area contributed by atoms with Crippen molar-refractivity contribution in [3.63, 3.8) is 0 Å². The lowest BCUT2D eigenvalue weighted by Crippen LogP contribution is -2.42. The molecule has 0 bridgehead atoms. The highest BCUT2D eigenvalue weighted by molar-refractivity contribution is 6.33. The topological polar surface area (TPSA) is 41.9 Å². The first-order chi connectivity index (χ1) is 11.2. The molecule has 1 atom stereocenters. The second-order valence-corrected chi connectivity index (χ2v) is 6.01. The van der Waals surface area contributed by atoms with Crippen molar-refractivity contribution in [2.45, 2.75) is 31.5 Å². The zero-order chi connectivity index (χ0) is 18.0. The summed E-state index contributed by atoms with van der Waals surface area (Å²) >= 11 is 6.10. The number of aliphatic imine (C=N–C) groups is 1. The van der Waals surface area contributed by atoms with Crippen molar-refractivity contribution in [3.05, 3.63) is 28.3 Å². The SMILES string of the molecule is CCN(C)C=Nc1cc(C=O)c(C2(C(F)(F)F)CCCO2)cc1Cl. The summed E-state index contributed by atoms with van der Waals surface area (Å²) in [4.78, 5) is 17.3. The van der Waals surface area contributed by atoms with E-state index in [1.54, 1.807) is 11.9 Å². The third kappa shape index (κ3) is 3.42. The highest BCUT2D eigenvalue weighted by Crippen LogP contribution is 2.50. The summed E-state index contributed by atoms with van der Waals surface area (Å²) in [6, 6.07) is 2.41. The second kappa shape index (κ2) is 7.11. The van der Waals surface area contributed by atoms with Crippen LogP contribution in [-0.2, 0) is 10.3 Å². The molecule has 4 nitrogen and oxygen atoms in total. The number of hydrogen-bond acceptors (Lipinski definition) is 3. The first-order valence-corrected chi connectivity index (χ1v) is 7.87.